The van der Waals surface area contributed by atoms with Crippen LogP contribution in [0.5, 0.6) is 0 Å². The number of ether oxygens (including phenoxy) is 4. The fourth-order valence-corrected chi connectivity index (χ4v) is 11.0. The van der Waals surface area contributed by atoms with Gasteiger partial charge in [0.1, 0.15) is 53.5 Å². The summed E-state index contributed by atoms with van der Waals surface area (Å²) in [5.41, 5.74) is 15.1. The molecule has 0 aromatic heterocycles. The van der Waals surface area contributed by atoms with Crippen LogP contribution < -0.4 is 67.8 Å². The number of alkyl halides is 1. The average molecular weight is 1700 g/mol. The van der Waals surface area contributed by atoms with Crippen molar-refractivity contribution in [2.24, 2.45) is 41.2 Å². The minimum absolute atomic E-state index is 0. The summed E-state index contributed by atoms with van der Waals surface area (Å²) in [5, 5.41) is 29.0. The topological polar surface area (TPSA) is 390 Å². The smallest absolute Gasteiger partial charge is 0.870 e. The number of carbonyl (C=O) groups is 10. The van der Waals surface area contributed by atoms with E-state index in [9.17, 15) is 65.8 Å². The number of carbonyl (C=O) groups excluding carboxylic acids is 8. The summed E-state index contributed by atoms with van der Waals surface area (Å²) < 4.78 is 69.5. The van der Waals surface area contributed by atoms with Gasteiger partial charge in [-0.1, -0.05) is 211 Å². The van der Waals surface area contributed by atoms with Gasteiger partial charge in [0.25, 0.3) is 6.47 Å². The third-order valence-corrected chi connectivity index (χ3v) is 17.4. The zero-order valence-electron chi connectivity index (χ0n) is 69.9. The van der Waals surface area contributed by atoms with E-state index in [1.54, 1.807) is 76.2 Å². The van der Waals surface area contributed by atoms with Gasteiger partial charge in [-0.15, -0.1) is 11.6 Å². The molecule has 1 unspecified atom stereocenters. The molecule has 0 heterocycles. The van der Waals surface area contributed by atoms with Crippen molar-refractivity contribution in [3.05, 3.63) is 286 Å². The molecular weight excluding hydrogens is 1590 g/mol. The van der Waals surface area contributed by atoms with Gasteiger partial charge in [-0.3, -0.25) is 44.8 Å². The predicted molar refractivity (Wildman–Crippen MR) is 447 cm³/mol. The number of carboxylic acids is 2. The van der Waals surface area contributed by atoms with Gasteiger partial charge in [0, 0.05) is 48.9 Å². The van der Waals surface area contributed by atoms with Crippen LogP contribution in [0.2, 0.25) is 0 Å². The summed E-state index contributed by atoms with van der Waals surface area (Å²) in [5.74, 6) is -2.43. The second-order valence-corrected chi connectivity index (χ2v) is 28.7. The molecule has 4 amide bonds. The van der Waals surface area contributed by atoms with Crippen molar-refractivity contribution in [3.63, 3.8) is 0 Å². The van der Waals surface area contributed by atoms with E-state index in [1.165, 1.54) is 77.0 Å². The van der Waals surface area contributed by atoms with Gasteiger partial charge in [0.2, 0.25) is 23.6 Å². The first kappa shape index (κ1) is 109. The van der Waals surface area contributed by atoms with Crippen LogP contribution in [0, 0.1) is 52.9 Å². The van der Waals surface area contributed by atoms with Crippen molar-refractivity contribution < 1.29 is 130 Å². The molecule has 8 aromatic carbocycles. The van der Waals surface area contributed by atoms with Crippen LogP contribution in [0.4, 0.5) is 17.6 Å². The number of nitrogens with one attached hydrogen (secondary N) is 5. The first-order chi connectivity index (χ1) is 56.1. The van der Waals surface area contributed by atoms with E-state index in [0.29, 0.717) is 58.0 Å². The molecule has 0 saturated heterocycles. The maximum absolute atomic E-state index is 13.2. The summed E-state index contributed by atoms with van der Waals surface area (Å²) >= 11 is 5.44. The Hall–Kier alpha value is -10.7. The number of amides is 4. The number of hydrogen-bond acceptors (Lipinski definition) is 18. The number of hydrogen-bond donors (Lipinski definition) is 9. The van der Waals surface area contributed by atoms with Gasteiger partial charge in [-0.25, -0.2) is 31.9 Å². The van der Waals surface area contributed by atoms with Crippen molar-refractivity contribution >= 4 is 71.5 Å². The van der Waals surface area contributed by atoms with E-state index in [-0.39, 0.29) is 112 Å². The summed E-state index contributed by atoms with van der Waals surface area (Å²) in [4.78, 5) is 117. The number of carboxylic acid groups (broad SMARTS) is 2. The first-order valence-electron chi connectivity index (χ1n) is 38.0. The molecular formula is C90H113ClF4N7NaO17. The van der Waals surface area contributed by atoms with Crippen LogP contribution in [-0.2, 0) is 118 Å². The molecule has 30 heteroatoms. The van der Waals surface area contributed by atoms with E-state index < -0.39 is 77.7 Å². The average Bonchev–Trinajstić information content (AvgIpc) is 0.850. The minimum Gasteiger partial charge on any atom is -0.870 e. The van der Waals surface area contributed by atoms with Crippen LogP contribution in [0.3, 0.4) is 0 Å². The molecule has 0 aliphatic heterocycles. The van der Waals surface area contributed by atoms with Crippen LogP contribution in [0.25, 0.3) is 0 Å². The molecule has 0 radical (unpaired) electrons. The number of hydrazine groups is 1. The summed E-state index contributed by atoms with van der Waals surface area (Å²) in [6.07, 6.45) is 3.54. The molecule has 8 aromatic rings. The SMILES string of the molecule is CC(Cl)CNN.COC(=O)[C@@H](CC(C)C)NC(=O)[C@@H](Cc1ccccc1)NC(=O)[C@H](C)Cc1ccc(F)cc1.COC(=O)[C@@H](Cc1ccccc1)NC(=O)[C@H](C)Cc1ccc(F)cc1.COC(=O)[C@H](N)Cc1ccccc1.COC=O.C[C@H](Cc1ccc(F)cc1)C(=O)N[C@H](Cc1ccccc1)C(=O)O.C[C@H](Cc1ccc(F)cc1)C(=O)O.[Na+].[OH-]. The zero-order valence-corrected chi connectivity index (χ0v) is 72.6. The molecule has 0 aliphatic carbocycles. The van der Waals surface area contributed by atoms with Crippen molar-refractivity contribution in [1.82, 2.24) is 26.7 Å². The van der Waals surface area contributed by atoms with Gasteiger partial charge < -0.3 is 61.6 Å². The molecule has 0 fully saturated rings. The maximum Gasteiger partial charge on any atom is 1.00 e. The Morgan fingerprint density at radius 2 is 0.633 bits per heavy atom. The number of halogens is 5. The van der Waals surface area contributed by atoms with Crippen LogP contribution in [-0.4, -0.2) is 146 Å². The number of esters is 3. The number of aliphatic carboxylic acids is 2. The molecule has 8 rings (SSSR count). The Bertz CT molecular complexity index is 4240. The van der Waals surface area contributed by atoms with Crippen molar-refractivity contribution in [1.29, 1.82) is 0 Å². The van der Waals surface area contributed by atoms with E-state index in [4.69, 9.17) is 42.6 Å². The Kier molecular flexibility index (Phi) is 56.9. The second-order valence-electron chi connectivity index (χ2n) is 27.9. The monoisotopic (exact) mass is 1700 g/mol. The van der Waals surface area contributed by atoms with Gasteiger partial charge in [0.15, 0.2) is 0 Å². The molecule has 646 valence electrons. The summed E-state index contributed by atoms with van der Waals surface area (Å²) in [6.45, 7) is 13.7. The normalized spacial score (nSPS) is 12.6. The molecule has 0 bridgehead atoms. The third kappa shape index (κ3) is 47.8. The quantitative estimate of drug-likeness (QED) is 0.00266. The molecule has 0 saturated carbocycles. The molecule has 24 nitrogen and oxygen atoms in total. The van der Waals surface area contributed by atoms with Gasteiger partial charge in [-0.05, 0) is 144 Å². The summed E-state index contributed by atoms with van der Waals surface area (Å²) in [7, 11) is 5.23. The third-order valence-electron chi connectivity index (χ3n) is 17.3. The number of rotatable bonds is 34. The summed E-state index contributed by atoms with van der Waals surface area (Å²) in [6, 6.07) is 57.5. The van der Waals surface area contributed by atoms with Gasteiger partial charge in [0.05, 0.1) is 34.4 Å². The minimum atomic E-state index is -1.07. The van der Waals surface area contributed by atoms with Crippen molar-refractivity contribution in [2.75, 3.05) is 35.0 Å². The molecule has 12 N–H and O–H groups in total. The number of methoxy groups -OCH3 is 4. The van der Waals surface area contributed by atoms with E-state index in [1.807, 2.05) is 142 Å². The van der Waals surface area contributed by atoms with Gasteiger partial charge >= 0.3 is 59.4 Å². The number of benzene rings is 8. The van der Waals surface area contributed by atoms with Crippen LogP contribution >= 0.6 is 11.6 Å². The van der Waals surface area contributed by atoms with Crippen molar-refractivity contribution in [2.45, 2.75) is 142 Å². The largest absolute Gasteiger partial charge is 1.00 e. The Labute approximate surface area is 727 Å². The van der Waals surface area contributed by atoms with Crippen LogP contribution in [0.15, 0.2) is 218 Å². The Balaban J connectivity index is 0.00000147. The number of nitrogens with two attached hydrogens (primary N) is 2. The van der Waals surface area contributed by atoms with Gasteiger partial charge in [-0.2, -0.15) is 0 Å². The first-order valence-corrected chi connectivity index (χ1v) is 38.4. The maximum atomic E-state index is 13.2. The standard InChI is InChI=1S/C26H33FN2O4.C20H22FNO3.C19H20FNO3.C10H11FO2.C10H13NO2.C3H9ClN2.C2H4O2.Na.H2O/c1-17(2)14-23(26(32)33-4)29-25(31)22(16-19-8-6-5-7-9-19)28-24(30)18(3)15-20-10-12-21(27)13-11-20;1-14(12-16-8-10-17(21)11-9-16)19(23)22-18(20(24)25-2)13-15-6-4-3-5-7-15;1-13(11-15-7-9-16(20)10-8-15)18(22)21-17(19(23)24)12-14-5-3-2-4-6-14;1-7(10(12)13)6-8-2-4-9(11)5-3-8;1-13-10(12)9(11)7-8-5-3-2-4-6-8;1-3(4)2-6-5;1-4-2-3;;/h5-13,17-18,22-23H,14-16H2,1-4H3,(H,28,30)(H,29,31);3-11,14,18H,12-13H2,1-2H3,(H,22,23);2-10,13,17H,11-12H2,1H3,(H,21,22)(H,23,24);2-5,7H,6H2,1H3,(H,12,13);2-6,9H,7,11H2,1H3;3,6H,2,5H2,1H3;2H,1H3;;1H2/q;;;;;;;+1;/p-1/t18-,22-,23-;14-,18-;13-,17-;7-;9-;;;;/m11111..../s1. The predicted octanol–water partition coefficient (Wildman–Crippen LogP) is 8.67. The zero-order chi connectivity index (χ0) is 88.1. The van der Waals surface area contributed by atoms with E-state index >= 15 is 0 Å². The Morgan fingerprint density at radius 1 is 0.375 bits per heavy atom. The second kappa shape index (κ2) is 62.5. The van der Waals surface area contributed by atoms with Crippen molar-refractivity contribution in [3.8, 4) is 0 Å². The fourth-order valence-electron chi connectivity index (χ4n) is 10.9. The fraction of sp³-hybridized carbons (Fsp3) is 0.356. The molecule has 10 atom stereocenters. The van der Waals surface area contributed by atoms with Crippen LogP contribution in [0.1, 0.15) is 99.4 Å². The van der Waals surface area contributed by atoms with E-state index in [2.05, 4.69) is 36.2 Å². The molecule has 120 heavy (non-hydrogen) atoms. The van der Waals surface area contributed by atoms with E-state index in [0.717, 1.165) is 44.5 Å². The molecule has 0 spiro atoms. The Morgan fingerprint density at radius 3 is 0.900 bits per heavy atom. The molecule has 0 aliphatic rings.